The predicted octanol–water partition coefficient (Wildman–Crippen LogP) is 3.23. The van der Waals surface area contributed by atoms with Gasteiger partial charge in [0.25, 0.3) is 0 Å². The maximum Gasteiger partial charge on any atom is 0.133 e. The van der Waals surface area contributed by atoms with Gasteiger partial charge in [0.2, 0.25) is 0 Å². The Hall–Kier alpha value is -1.33. The Morgan fingerprint density at radius 2 is 2.17 bits per heavy atom. The minimum absolute atomic E-state index is 0.0905. The Balaban J connectivity index is 2.35. The summed E-state index contributed by atoms with van der Waals surface area (Å²) in [5, 5.41) is 5.66. The van der Waals surface area contributed by atoms with Crippen molar-refractivity contribution < 1.29 is 8.78 Å². The normalized spacial score (nSPS) is 12.7. The fraction of sp³-hybridized carbons (Fsp3) is 0.308. The molecule has 0 saturated carbocycles. The molecule has 5 heteroatoms. The average Bonchev–Trinajstić information content (AvgIpc) is 2.86. The smallest absolute Gasteiger partial charge is 0.133 e. The number of thiazole rings is 1. The molecule has 96 valence electrons. The molecule has 0 aliphatic carbocycles. The number of likely N-dealkylation sites (N-methyl/N-ethyl adjacent to an activating group) is 1. The van der Waals surface area contributed by atoms with E-state index in [0.29, 0.717) is 12.0 Å². The van der Waals surface area contributed by atoms with Gasteiger partial charge < -0.3 is 5.32 Å². The van der Waals surface area contributed by atoms with Crippen molar-refractivity contribution in [3.63, 3.8) is 0 Å². The highest BCUT2D eigenvalue weighted by Crippen LogP contribution is 2.26. The van der Waals surface area contributed by atoms with E-state index in [4.69, 9.17) is 0 Å². The Bertz CT molecular complexity index is 526. The van der Waals surface area contributed by atoms with Crippen LogP contribution in [0.4, 0.5) is 8.78 Å². The molecule has 0 spiro atoms. The minimum Gasteiger partial charge on any atom is -0.312 e. The van der Waals surface area contributed by atoms with Crippen LogP contribution in [0.15, 0.2) is 23.7 Å². The molecule has 2 aromatic rings. The Morgan fingerprint density at radius 3 is 2.78 bits per heavy atom. The topological polar surface area (TPSA) is 24.9 Å². The van der Waals surface area contributed by atoms with Crippen LogP contribution in [0.25, 0.3) is 0 Å². The molecule has 0 amide bonds. The zero-order chi connectivity index (χ0) is 13.1. The number of hydrogen-bond donors (Lipinski definition) is 1. The van der Waals surface area contributed by atoms with E-state index in [2.05, 4.69) is 10.3 Å². The summed E-state index contributed by atoms with van der Waals surface area (Å²) in [5.41, 5.74) is 0.540. The second kappa shape index (κ2) is 5.54. The van der Waals surface area contributed by atoms with Crippen LogP contribution in [0.3, 0.4) is 0 Å². The lowest BCUT2D eigenvalue weighted by Crippen LogP contribution is -2.22. The number of rotatable bonds is 4. The third-order valence-corrected chi connectivity index (χ3v) is 3.68. The summed E-state index contributed by atoms with van der Waals surface area (Å²) in [4.78, 5) is 4.14. The summed E-state index contributed by atoms with van der Waals surface area (Å²) in [6, 6.07) is 2.35. The molecule has 0 aliphatic heterocycles. The highest BCUT2D eigenvalue weighted by molar-refractivity contribution is 7.09. The van der Waals surface area contributed by atoms with E-state index in [0.717, 1.165) is 5.01 Å². The third-order valence-electron chi connectivity index (χ3n) is 2.88. The lowest BCUT2D eigenvalue weighted by Gasteiger charge is -2.17. The van der Waals surface area contributed by atoms with Crippen molar-refractivity contribution in [2.45, 2.75) is 19.4 Å². The molecule has 1 atom stereocenters. The predicted molar refractivity (Wildman–Crippen MR) is 68.7 cm³/mol. The van der Waals surface area contributed by atoms with Gasteiger partial charge >= 0.3 is 0 Å². The molecule has 0 fully saturated rings. The van der Waals surface area contributed by atoms with Crippen molar-refractivity contribution in [3.05, 3.63) is 51.5 Å². The molecule has 0 radical (unpaired) electrons. The van der Waals surface area contributed by atoms with Gasteiger partial charge in [-0.05, 0) is 25.6 Å². The van der Waals surface area contributed by atoms with Crippen LogP contribution in [-0.4, -0.2) is 12.0 Å². The molecule has 0 saturated heterocycles. The molecular weight excluding hydrogens is 254 g/mol. The van der Waals surface area contributed by atoms with Gasteiger partial charge in [-0.2, -0.15) is 0 Å². The number of nitrogens with zero attached hydrogens (tertiary/aromatic N) is 1. The number of nitrogens with one attached hydrogen (secondary N) is 1. The van der Waals surface area contributed by atoms with Crippen LogP contribution < -0.4 is 5.32 Å². The van der Waals surface area contributed by atoms with Gasteiger partial charge in [-0.3, -0.25) is 0 Å². The molecule has 0 aliphatic rings. The number of benzene rings is 1. The first kappa shape index (κ1) is 13.1. The lowest BCUT2D eigenvalue weighted by atomic mass is 10.0. The van der Waals surface area contributed by atoms with E-state index in [1.807, 2.05) is 5.38 Å². The maximum atomic E-state index is 14.0. The van der Waals surface area contributed by atoms with Crippen molar-refractivity contribution in [2.75, 3.05) is 7.05 Å². The van der Waals surface area contributed by atoms with Gasteiger partial charge in [0.1, 0.15) is 11.6 Å². The van der Waals surface area contributed by atoms with Crippen molar-refractivity contribution in [1.82, 2.24) is 10.3 Å². The van der Waals surface area contributed by atoms with Crippen LogP contribution in [0.2, 0.25) is 0 Å². The van der Waals surface area contributed by atoms with Crippen LogP contribution >= 0.6 is 11.3 Å². The molecule has 1 aromatic heterocycles. The molecule has 18 heavy (non-hydrogen) atoms. The van der Waals surface area contributed by atoms with Crippen LogP contribution in [0.5, 0.6) is 0 Å². The monoisotopic (exact) mass is 268 g/mol. The summed E-state index contributed by atoms with van der Waals surface area (Å²) in [6.07, 6.45) is 2.17. The van der Waals surface area contributed by atoms with E-state index < -0.39 is 17.7 Å². The van der Waals surface area contributed by atoms with Crippen LogP contribution in [-0.2, 0) is 6.42 Å². The van der Waals surface area contributed by atoms with E-state index in [-0.39, 0.29) is 5.56 Å². The summed E-state index contributed by atoms with van der Waals surface area (Å²) in [5.74, 6) is -1.00. The minimum atomic E-state index is -0.519. The molecular formula is C13H14F2N2S. The highest BCUT2D eigenvalue weighted by Gasteiger charge is 2.21. The molecule has 1 aromatic carbocycles. The molecule has 0 bridgehead atoms. The second-order valence-electron chi connectivity index (χ2n) is 4.06. The number of aromatic nitrogens is 1. The summed E-state index contributed by atoms with van der Waals surface area (Å²) in [7, 11) is 1.69. The van der Waals surface area contributed by atoms with Gasteiger partial charge in [0, 0.05) is 29.6 Å². The molecule has 1 unspecified atom stereocenters. The molecule has 1 N–H and O–H groups in total. The van der Waals surface area contributed by atoms with E-state index in [9.17, 15) is 8.78 Å². The van der Waals surface area contributed by atoms with Gasteiger partial charge in [0.15, 0.2) is 0 Å². The first-order chi connectivity index (χ1) is 8.63. The zero-order valence-electron chi connectivity index (χ0n) is 10.2. The van der Waals surface area contributed by atoms with Crippen LogP contribution in [0.1, 0.15) is 22.2 Å². The lowest BCUT2D eigenvalue weighted by molar-refractivity contribution is 0.485. The van der Waals surface area contributed by atoms with Gasteiger partial charge in [-0.15, -0.1) is 11.3 Å². The Morgan fingerprint density at radius 1 is 1.39 bits per heavy atom. The molecule has 2 rings (SSSR count). The number of hydrogen-bond acceptors (Lipinski definition) is 3. The number of aryl methyl sites for hydroxylation is 1. The van der Waals surface area contributed by atoms with E-state index in [1.54, 1.807) is 20.2 Å². The van der Waals surface area contributed by atoms with Gasteiger partial charge in [-0.25, -0.2) is 13.8 Å². The summed E-state index contributed by atoms with van der Waals surface area (Å²) >= 11 is 1.48. The van der Waals surface area contributed by atoms with E-state index >= 15 is 0 Å². The fourth-order valence-corrected chi connectivity index (χ4v) is 2.54. The fourth-order valence-electron chi connectivity index (χ4n) is 1.87. The van der Waals surface area contributed by atoms with Crippen LogP contribution in [0, 0.1) is 18.6 Å². The zero-order valence-corrected chi connectivity index (χ0v) is 11.0. The van der Waals surface area contributed by atoms with Crippen molar-refractivity contribution >= 4 is 11.3 Å². The van der Waals surface area contributed by atoms with Crippen molar-refractivity contribution in [3.8, 4) is 0 Å². The van der Waals surface area contributed by atoms with Gasteiger partial charge in [0.05, 0.1) is 5.01 Å². The second-order valence-corrected chi connectivity index (χ2v) is 5.04. The van der Waals surface area contributed by atoms with Crippen molar-refractivity contribution in [2.24, 2.45) is 0 Å². The maximum absolute atomic E-state index is 14.0. The first-order valence-corrected chi connectivity index (χ1v) is 6.51. The van der Waals surface area contributed by atoms with Gasteiger partial charge in [-0.1, -0.05) is 6.07 Å². The highest BCUT2D eigenvalue weighted by atomic mass is 32.1. The average molecular weight is 268 g/mol. The summed E-state index contributed by atoms with van der Waals surface area (Å²) in [6.45, 7) is 1.63. The quantitative estimate of drug-likeness (QED) is 0.921. The van der Waals surface area contributed by atoms with Crippen molar-refractivity contribution in [1.29, 1.82) is 0 Å². The Kier molecular flexibility index (Phi) is 4.04. The van der Waals surface area contributed by atoms with E-state index in [1.165, 1.54) is 23.5 Å². The largest absolute Gasteiger partial charge is 0.312 e. The first-order valence-electron chi connectivity index (χ1n) is 5.63. The SMILES string of the molecule is CNC(Cc1nccs1)c1c(F)ccc(C)c1F. The standard InChI is InChI=1S/C13H14F2N2S/c1-8-3-4-9(14)12(13(8)15)10(16-2)7-11-17-5-6-18-11/h3-6,10,16H,7H2,1-2H3. The molecule has 1 heterocycles. The summed E-state index contributed by atoms with van der Waals surface area (Å²) < 4.78 is 27.8. The molecule has 2 nitrogen and oxygen atoms in total. The number of halogens is 2. The third kappa shape index (κ3) is 2.57. The Labute approximate surface area is 109 Å².